The van der Waals surface area contributed by atoms with E-state index in [4.69, 9.17) is 0 Å². The average molecular weight is 351 g/mol. The molecule has 0 unspecified atom stereocenters. The molecule has 7 heteroatoms. The minimum atomic E-state index is -0.669. The van der Waals surface area contributed by atoms with Crippen molar-refractivity contribution in [2.24, 2.45) is 0 Å². The number of nitrogens with zero attached hydrogens (tertiary/aromatic N) is 1. The highest BCUT2D eigenvalue weighted by molar-refractivity contribution is 6.22. The molecule has 0 fully saturated rings. The molecular formula is C19H17N3O4. The summed E-state index contributed by atoms with van der Waals surface area (Å²) in [5.74, 6) is -2.20. The van der Waals surface area contributed by atoms with E-state index in [0.717, 1.165) is 16.0 Å². The molecule has 0 saturated heterocycles. The van der Waals surface area contributed by atoms with Crippen molar-refractivity contribution in [3.8, 4) is 0 Å². The highest BCUT2D eigenvalue weighted by Crippen LogP contribution is 2.21. The number of carbonyl (C=O) groups excluding carboxylic acids is 4. The Labute approximate surface area is 150 Å². The van der Waals surface area contributed by atoms with Gasteiger partial charge < -0.3 is 0 Å². The van der Waals surface area contributed by atoms with Crippen LogP contribution in [0.4, 0.5) is 0 Å². The Morgan fingerprint density at radius 3 is 2.12 bits per heavy atom. The predicted molar refractivity (Wildman–Crippen MR) is 93.3 cm³/mol. The molecule has 3 rings (SSSR count). The SMILES string of the molecule is Cc1ccc(C(=O)NNC(=O)CN2C(=O)c3ccccc3C2=O)c(C)c1. The second kappa shape index (κ2) is 6.79. The van der Waals surface area contributed by atoms with Gasteiger partial charge in [0.25, 0.3) is 23.6 Å². The fourth-order valence-corrected chi connectivity index (χ4v) is 2.83. The number of hydrazine groups is 1. The van der Waals surface area contributed by atoms with Crippen LogP contribution in [0.2, 0.25) is 0 Å². The Kier molecular flexibility index (Phi) is 4.53. The number of hydrogen-bond acceptors (Lipinski definition) is 4. The van der Waals surface area contributed by atoms with E-state index in [1.807, 2.05) is 13.0 Å². The van der Waals surface area contributed by atoms with Gasteiger partial charge in [0.1, 0.15) is 6.54 Å². The number of rotatable bonds is 3. The van der Waals surface area contributed by atoms with E-state index in [1.165, 1.54) is 12.1 Å². The number of imide groups is 1. The third-order valence-corrected chi connectivity index (χ3v) is 4.12. The molecule has 0 aliphatic carbocycles. The van der Waals surface area contributed by atoms with Crippen LogP contribution in [0.1, 0.15) is 42.2 Å². The van der Waals surface area contributed by atoms with Gasteiger partial charge in [0, 0.05) is 5.56 Å². The molecular weight excluding hydrogens is 334 g/mol. The fraction of sp³-hybridized carbons (Fsp3) is 0.158. The number of fused-ring (bicyclic) bond motifs is 1. The van der Waals surface area contributed by atoms with Crippen molar-refractivity contribution < 1.29 is 19.2 Å². The highest BCUT2D eigenvalue weighted by Gasteiger charge is 2.36. The third kappa shape index (κ3) is 3.19. The molecule has 1 heterocycles. The Hall–Kier alpha value is -3.48. The molecule has 1 aliphatic heterocycles. The topological polar surface area (TPSA) is 95.6 Å². The highest BCUT2D eigenvalue weighted by atomic mass is 16.2. The van der Waals surface area contributed by atoms with Gasteiger partial charge in [0.05, 0.1) is 11.1 Å². The number of nitrogens with one attached hydrogen (secondary N) is 2. The first-order chi connectivity index (χ1) is 12.4. The number of aryl methyl sites for hydroxylation is 2. The lowest BCUT2D eigenvalue weighted by molar-refractivity contribution is -0.122. The Balaban J connectivity index is 1.61. The molecule has 2 aromatic carbocycles. The molecule has 1 aliphatic rings. The second-order valence-electron chi connectivity index (χ2n) is 6.06. The van der Waals surface area contributed by atoms with Crippen LogP contribution in [-0.2, 0) is 4.79 Å². The summed E-state index contributed by atoms with van der Waals surface area (Å²) in [4.78, 5) is 49.5. The van der Waals surface area contributed by atoms with Gasteiger partial charge in [-0.25, -0.2) is 0 Å². The Morgan fingerprint density at radius 2 is 1.54 bits per heavy atom. The van der Waals surface area contributed by atoms with Crippen LogP contribution in [0, 0.1) is 13.8 Å². The number of hydrogen-bond donors (Lipinski definition) is 2. The lowest BCUT2D eigenvalue weighted by Gasteiger charge is -2.14. The zero-order valence-electron chi connectivity index (χ0n) is 14.3. The van der Waals surface area contributed by atoms with Crippen molar-refractivity contribution in [2.75, 3.05) is 6.54 Å². The standard InChI is InChI=1S/C19H17N3O4/c1-11-7-8-13(12(2)9-11)17(24)21-20-16(23)10-22-18(25)14-5-3-4-6-15(14)19(22)26/h3-9H,10H2,1-2H3,(H,20,23)(H,21,24). The van der Waals surface area contributed by atoms with E-state index >= 15 is 0 Å². The first-order valence-corrected chi connectivity index (χ1v) is 8.00. The summed E-state index contributed by atoms with van der Waals surface area (Å²) >= 11 is 0. The van der Waals surface area contributed by atoms with Gasteiger partial charge in [-0.2, -0.15) is 0 Å². The molecule has 0 atom stereocenters. The van der Waals surface area contributed by atoms with Crippen molar-refractivity contribution in [3.63, 3.8) is 0 Å². The lowest BCUT2D eigenvalue weighted by Crippen LogP contribution is -2.47. The van der Waals surface area contributed by atoms with Crippen molar-refractivity contribution in [2.45, 2.75) is 13.8 Å². The van der Waals surface area contributed by atoms with Gasteiger partial charge in [-0.3, -0.25) is 34.9 Å². The van der Waals surface area contributed by atoms with Crippen molar-refractivity contribution in [1.82, 2.24) is 15.8 Å². The first-order valence-electron chi connectivity index (χ1n) is 8.00. The summed E-state index contributed by atoms with van der Waals surface area (Å²) < 4.78 is 0. The van der Waals surface area contributed by atoms with Crippen LogP contribution in [0.3, 0.4) is 0 Å². The Morgan fingerprint density at radius 1 is 0.923 bits per heavy atom. The first kappa shape index (κ1) is 17.3. The van der Waals surface area contributed by atoms with Crippen LogP contribution in [0.15, 0.2) is 42.5 Å². The molecule has 132 valence electrons. The van der Waals surface area contributed by atoms with Crippen LogP contribution >= 0.6 is 0 Å². The number of carbonyl (C=O) groups is 4. The Bertz CT molecular complexity index is 901. The van der Waals surface area contributed by atoms with E-state index in [1.54, 1.807) is 31.2 Å². The van der Waals surface area contributed by atoms with Crippen LogP contribution < -0.4 is 10.9 Å². The maximum Gasteiger partial charge on any atom is 0.269 e. The molecule has 4 amide bonds. The molecule has 0 bridgehead atoms. The molecule has 0 spiro atoms. The summed E-state index contributed by atoms with van der Waals surface area (Å²) in [7, 11) is 0. The summed E-state index contributed by atoms with van der Waals surface area (Å²) in [6.07, 6.45) is 0. The monoisotopic (exact) mass is 351 g/mol. The van der Waals surface area contributed by atoms with Gasteiger partial charge >= 0.3 is 0 Å². The summed E-state index contributed by atoms with van der Waals surface area (Å²) in [6.45, 7) is 3.24. The molecule has 0 radical (unpaired) electrons. The molecule has 0 aromatic heterocycles. The quantitative estimate of drug-likeness (QED) is 0.645. The van der Waals surface area contributed by atoms with Gasteiger partial charge in [0.15, 0.2) is 0 Å². The molecule has 26 heavy (non-hydrogen) atoms. The largest absolute Gasteiger partial charge is 0.271 e. The van der Waals surface area contributed by atoms with Crippen molar-refractivity contribution in [3.05, 3.63) is 70.3 Å². The average Bonchev–Trinajstić information content (AvgIpc) is 2.85. The fourth-order valence-electron chi connectivity index (χ4n) is 2.83. The number of benzene rings is 2. The minimum absolute atomic E-state index is 0.268. The van der Waals surface area contributed by atoms with Crippen LogP contribution in [-0.4, -0.2) is 35.1 Å². The summed E-state index contributed by atoms with van der Waals surface area (Å²) in [5.41, 5.74) is 7.29. The van der Waals surface area contributed by atoms with Gasteiger partial charge in [0.2, 0.25) is 0 Å². The van der Waals surface area contributed by atoms with E-state index in [2.05, 4.69) is 10.9 Å². The van der Waals surface area contributed by atoms with Gasteiger partial charge in [-0.1, -0.05) is 29.8 Å². The van der Waals surface area contributed by atoms with E-state index < -0.39 is 30.2 Å². The maximum absolute atomic E-state index is 12.2. The van der Waals surface area contributed by atoms with Crippen LogP contribution in [0.25, 0.3) is 0 Å². The maximum atomic E-state index is 12.2. The predicted octanol–water partition coefficient (Wildman–Crippen LogP) is 1.36. The molecule has 2 aromatic rings. The zero-order chi connectivity index (χ0) is 18.8. The summed E-state index contributed by atoms with van der Waals surface area (Å²) in [5, 5.41) is 0. The zero-order valence-corrected chi connectivity index (χ0v) is 14.3. The van der Waals surface area contributed by atoms with Crippen LogP contribution in [0.5, 0.6) is 0 Å². The lowest BCUT2D eigenvalue weighted by atomic mass is 10.1. The minimum Gasteiger partial charge on any atom is -0.271 e. The second-order valence-corrected chi connectivity index (χ2v) is 6.06. The van der Waals surface area contributed by atoms with Gasteiger partial charge in [-0.05, 0) is 37.6 Å². The molecule has 0 saturated carbocycles. The van der Waals surface area contributed by atoms with Crippen molar-refractivity contribution >= 4 is 23.6 Å². The summed E-state index contributed by atoms with van der Waals surface area (Å²) in [6, 6.07) is 11.7. The van der Waals surface area contributed by atoms with E-state index in [0.29, 0.717) is 5.56 Å². The smallest absolute Gasteiger partial charge is 0.269 e. The van der Waals surface area contributed by atoms with Gasteiger partial charge in [-0.15, -0.1) is 0 Å². The van der Waals surface area contributed by atoms with Crippen molar-refractivity contribution in [1.29, 1.82) is 0 Å². The molecule has 7 nitrogen and oxygen atoms in total. The van der Waals surface area contributed by atoms with E-state index in [9.17, 15) is 19.2 Å². The normalized spacial score (nSPS) is 12.8. The third-order valence-electron chi connectivity index (χ3n) is 4.12. The molecule has 2 N–H and O–H groups in total. The number of amides is 4. The van der Waals surface area contributed by atoms with E-state index in [-0.39, 0.29) is 11.1 Å².